The summed E-state index contributed by atoms with van der Waals surface area (Å²) < 4.78 is 33.0. The topological polar surface area (TPSA) is 70.7 Å². The molecule has 1 fully saturated rings. The first-order chi connectivity index (χ1) is 14.6. The van der Waals surface area contributed by atoms with Crippen LogP contribution in [0.15, 0.2) is 65.6 Å². The van der Waals surface area contributed by atoms with Crippen molar-refractivity contribution in [2.75, 3.05) is 44.7 Å². The first-order valence-electron chi connectivity index (χ1n) is 10.2. The zero-order valence-electron chi connectivity index (χ0n) is 17.1. The van der Waals surface area contributed by atoms with Crippen LogP contribution in [0, 0.1) is 0 Å². The molecule has 0 bridgehead atoms. The summed E-state index contributed by atoms with van der Waals surface area (Å²) in [7, 11) is -2.00. The Morgan fingerprint density at radius 1 is 0.967 bits per heavy atom. The number of piperazine rings is 1. The number of anilines is 1. The zero-order chi connectivity index (χ0) is 21.0. The van der Waals surface area contributed by atoms with E-state index in [9.17, 15) is 8.42 Å². The van der Waals surface area contributed by atoms with E-state index < -0.39 is 10.0 Å². The third-order valence-corrected chi connectivity index (χ3v) is 6.98. The average molecular weight is 426 g/mol. The molecule has 0 spiro atoms. The van der Waals surface area contributed by atoms with Gasteiger partial charge in [0.25, 0.3) is 0 Å². The van der Waals surface area contributed by atoms with Gasteiger partial charge in [-0.25, -0.2) is 13.1 Å². The predicted molar refractivity (Wildman–Crippen MR) is 121 cm³/mol. The van der Waals surface area contributed by atoms with E-state index >= 15 is 0 Å². The Hall–Kier alpha value is -2.61. The van der Waals surface area contributed by atoms with Crippen LogP contribution in [0.4, 0.5) is 5.69 Å². The second kappa shape index (κ2) is 9.04. The number of rotatable bonds is 7. The maximum Gasteiger partial charge on any atom is 0.240 e. The lowest BCUT2D eigenvalue weighted by molar-refractivity contribution is 0.414. The Morgan fingerprint density at radius 3 is 2.37 bits per heavy atom. The number of fused-ring (bicyclic) bond motifs is 1. The number of ether oxygens (including phenoxy) is 1. The van der Waals surface area contributed by atoms with Gasteiger partial charge in [0.15, 0.2) is 0 Å². The Bertz CT molecular complexity index is 1110. The van der Waals surface area contributed by atoms with Gasteiger partial charge in [0, 0.05) is 43.8 Å². The van der Waals surface area contributed by atoms with Gasteiger partial charge < -0.3 is 15.0 Å². The third kappa shape index (κ3) is 4.43. The molecule has 0 saturated carbocycles. The van der Waals surface area contributed by atoms with Crippen LogP contribution in [0.2, 0.25) is 0 Å². The van der Waals surface area contributed by atoms with Crippen molar-refractivity contribution in [2.45, 2.75) is 11.3 Å². The average Bonchev–Trinajstić information content (AvgIpc) is 2.79. The molecule has 0 aliphatic carbocycles. The van der Waals surface area contributed by atoms with Gasteiger partial charge in [0.1, 0.15) is 5.75 Å². The molecule has 4 rings (SSSR count). The van der Waals surface area contributed by atoms with Crippen LogP contribution in [-0.2, 0) is 16.4 Å². The molecule has 0 aromatic heterocycles. The van der Waals surface area contributed by atoms with Crippen LogP contribution >= 0.6 is 0 Å². The van der Waals surface area contributed by atoms with Crippen LogP contribution < -0.4 is 19.7 Å². The zero-order valence-corrected chi connectivity index (χ0v) is 17.9. The molecule has 2 N–H and O–H groups in total. The quantitative estimate of drug-likeness (QED) is 0.609. The van der Waals surface area contributed by atoms with Gasteiger partial charge in [0.05, 0.1) is 12.0 Å². The molecule has 1 saturated heterocycles. The summed E-state index contributed by atoms with van der Waals surface area (Å²) in [6.07, 6.45) is 0.623. The highest BCUT2D eigenvalue weighted by Crippen LogP contribution is 2.30. The summed E-state index contributed by atoms with van der Waals surface area (Å²) in [6, 6.07) is 19.1. The standard InChI is InChI=1S/C23H27N3O3S/c1-29-19-7-9-20(10-8-19)30(27,28)25-13-12-18-6-11-23(26-16-14-24-15-17-26)22-5-3-2-4-21(18)22/h2-11,24-25H,12-17H2,1H3. The van der Waals surface area contributed by atoms with E-state index in [0.717, 1.165) is 31.7 Å². The second-order valence-corrected chi connectivity index (χ2v) is 9.12. The molecule has 158 valence electrons. The number of hydrogen-bond donors (Lipinski definition) is 2. The summed E-state index contributed by atoms with van der Waals surface area (Å²) in [5.74, 6) is 0.630. The normalized spacial score (nSPS) is 14.8. The highest BCUT2D eigenvalue weighted by molar-refractivity contribution is 7.89. The van der Waals surface area contributed by atoms with Gasteiger partial charge in [-0.1, -0.05) is 30.3 Å². The Morgan fingerprint density at radius 2 is 1.67 bits per heavy atom. The molecule has 0 atom stereocenters. The fourth-order valence-corrected chi connectivity index (χ4v) is 4.94. The molecule has 3 aromatic rings. The largest absolute Gasteiger partial charge is 0.497 e. The van der Waals surface area contributed by atoms with E-state index in [4.69, 9.17) is 4.74 Å². The summed E-state index contributed by atoms with van der Waals surface area (Å²) in [5, 5.41) is 5.79. The lowest BCUT2D eigenvalue weighted by atomic mass is 10.00. The van der Waals surface area contributed by atoms with Crippen LogP contribution in [-0.4, -0.2) is 48.3 Å². The number of benzene rings is 3. The predicted octanol–water partition coefficient (Wildman–Crippen LogP) is 2.78. The Balaban J connectivity index is 1.50. The van der Waals surface area contributed by atoms with Crippen molar-refractivity contribution in [1.29, 1.82) is 0 Å². The van der Waals surface area contributed by atoms with Crippen molar-refractivity contribution < 1.29 is 13.2 Å². The van der Waals surface area contributed by atoms with E-state index in [1.165, 1.54) is 16.5 Å². The molecule has 0 amide bonds. The van der Waals surface area contributed by atoms with Gasteiger partial charge in [-0.05, 0) is 47.7 Å². The van der Waals surface area contributed by atoms with Crippen molar-refractivity contribution in [3.63, 3.8) is 0 Å². The van der Waals surface area contributed by atoms with Gasteiger partial charge in [0.2, 0.25) is 10.0 Å². The fourth-order valence-electron chi connectivity index (χ4n) is 3.90. The van der Waals surface area contributed by atoms with E-state index in [1.54, 1.807) is 31.4 Å². The molecule has 0 unspecified atom stereocenters. The number of nitrogens with one attached hydrogen (secondary N) is 2. The number of methoxy groups -OCH3 is 1. The molecule has 1 heterocycles. The SMILES string of the molecule is COc1ccc(S(=O)(=O)NCCc2ccc(N3CCNCC3)c3ccccc23)cc1. The Labute approximate surface area is 177 Å². The summed E-state index contributed by atoms with van der Waals surface area (Å²) in [6.45, 7) is 4.30. The summed E-state index contributed by atoms with van der Waals surface area (Å²) >= 11 is 0. The minimum absolute atomic E-state index is 0.238. The van der Waals surface area contributed by atoms with E-state index in [0.29, 0.717) is 18.7 Å². The molecule has 7 heteroatoms. The molecule has 30 heavy (non-hydrogen) atoms. The molecular weight excluding hydrogens is 398 g/mol. The maximum atomic E-state index is 12.6. The highest BCUT2D eigenvalue weighted by atomic mass is 32.2. The molecule has 6 nitrogen and oxygen atoms in total. The maximum absolute atomic E-state index is 12.6. The highest BCUT2D eigenvalue weighted by Gasteiger charge is 2.16. The lowest BCUT2D eigenvalue weighted by Gasteiger charge is -2.30. The van der Waals surface area contributed by atoms with E-state index in [2.05, 4.69) is 45.3 Å². The van der Waals surface area contributed by atoms with Gasteiger partial charge >= 0.3 is 0 Å². The lowest BCUT2D eigenvalue weighted by Crippen LogP contribution is -2.43. The number of sulfonamides is 1. The molecule has 3 aromatic carbocycles. The minimum atomic E-state index is -3.55. The molecule has 1 aliphatic heterocycles. The van der Waals surface area contributed by atoms with Crippen LogP contribution in [0.3, 0.4) is 0 Å². The monoisotopic (exact) mass is 425 g/mol. The van der Waals surface area contributed by atoms with E-state index in [-0.39, 0.29) is 4.90 Å². The van der Waals surface area contributed by atoms with Crippen molar-refractivity contribution in [3.05, 3.63) is 66.2 Å². The van der Waals surface area contributed by atoms with Crippen molar-refractivity contribution >= 4 is 26.5 Å². The van der Waals surface area contributed by atoms with Gasteiger partial charge in [-0.3, -0.25) is 0 Å². The van der Waals surface area contributed by atoms with Crippen LogP contribution in [0.1, 0.15) is 5.56 Å². The first kappa shape index (κ1) is 20.7. The van der Waals surface area contributed by atoms with Gasteiger partial charge in [-0.2, -0.15) is 0 Å². The first-order valence-corrected chi connectivity index (χ1v) is 11.7. The molecule has 1 aliphatic rings. The minimum Gasteiger partial charge on any atom is -0.497 e. The van der Waals surface area contributed by atoms with Crippen molar-refractivity contribution in [2.24, 2.45) is 0 Å². The van der Waals surface area contributed by atoms with E-state index in [1.807, 2.05) is 6.07 Å². The molecular formula is C23H27N3O3S. The number of hydrogen-bond acceptors (Lipinski definition) is 5. The van der Waals surface area contributed by atoms with Crippen LogP contribution in [0.5, 0.6) is 5.75 Å². The van der Waals surface area contributed by atoms with Crippen LogP contribution in [0.25, 0.3) is 10.8 Å². The summed E-state index contributed by atoms with van der Waals surface area (Å²) in [5.41, 5.74) is 2.39. The van der Waals surface area contributed by atoms with Gasteiger partial charge in [-0.15, -0.1) is 0 Å². The Kier molecular flexibility index (Phi) is 6.22. The van der Waals surface area contributed by atoms with Crippen molar-refractivity contribution in [3.8, 4) is 5.75 Å². The smallest absolute Gasteiger partial charge is 0.240 e. The summed E-state index contributed by atoms with van der Waals surface area (Å²) in [4.78, 5) is 2.65. The number of nitrogens with zero attached hydrogens (tertiary/aromatic N) is 1. The van der Waals surface area contributed by atoms with Crippen molar-refractivity contribution in [1.82, 2.24) is 10.0 Å². The fraction of sp³-hybridized carbons (Fsp3) is 0.304. The second-order valence-electron chi connectivity index (χ2n) is 7.35. The molecule has 0 radical (unpaired) electrons. The third-order valence-electron chi connectivity index (χ3n) is 5.51.